The van der Waals surface area contributed by atoms with Crippen molar-refractivity contribution in [3.05, 3.63) is 29.8 Å². The summed E-state index contributed by atoms with van der Waals surface area (Å²) in [5.74, 6) is 0.882. The van der Waals surface area contributed by atoms with E-state index in [1.807, 2.05) is 31.2 Å². The molecule has 19 heavy (non-hydrogen) atoms. The molecule has 0 aliphatic carbocycles. The number of benzene rings is 1. The average molecular weight is 265 g/mol. The zero-order chi connectivity index (χ0) is 14.3. The van der Waals surface area contributed by atoms with Gasteiger partial charge in [0.15, 0.2) is 0 Å². The van der Waals surface area contributed by atoms with Crippen LogP contribution in [0.1, 0.15) is 45.7 Å². The molecule has 1 atom stereocenters. The third-order valence-corrected chi connectivity index (χ3v) is 2.91. The van der Waals surface area contributed by atoms with Crippen molar-refractivity contribution in [2.45, 2.75) is 40.2 Å². The highest BCUT2D eigenvalue weighted by atomic mass is 16.5. The first kappa shape index (κ1) is 16.0. The number of hydrogen-bond acceptors (Lipinski definition) is 3. The van der Waals surface area contributed by atoms with E-state index in [4.69, 9.17) is 15.2 Å². The van der Waals surface area contributed by atoms with Crippen molar-refractivity contribution in [1.29, 1.82) is 0 Å². The summed E-state index contributed by atoms with van der Waals surface area (Å²) in [5, 5.41) is 0. The van der Waals surface area contributed by atoms with Gasteiger partial charge in [-0.2, -0.15) is 0 Å². The summed E-state index contributed by atoms with van der Waals surface area (Å²) < 4.78 is 11.1. The molecule has 1 unspecified atom stereocenters. The Morgan fingerprint density at radius 3 is 2.32 bits per heavy atom. The van der Waals surface area contributed by atoms with Crippen molar-refractivity contribution in [1.82, 2.24) is 0 Å². The van der Waals surface area contributed by atoms with Gasteiger partial charge in [-0.25, -0.2) is 0 Å². The monoisotopic (exact) mass is 265 g/mol. The molecule has 0 saturated carbocycles. The van der Waals surface area contributed by atoms with E-state index in [0.29, 0.717) is 18.6 Å². The first-order valence-electron chi connectivity index (χ1n) is 6.98. The van der Waals surface area contributed by atoms with Crippen LogP contribution in [0.2, 0.25) is 0 Å². The minimum absolute atomic E-state index is 0.0735. The normalized spacial score (nSPS) is 13.3. The van der Waals surface area contributed by atoms with Gasteiger partial charge < -0.3 is 15.2 Å². The Kier molecular flexibility index (Phi) is 6.32. The van der Waals surface area contributed by atoms with Gasteiger partial charge in [-0.15, -0.1) is 0 Å². The fourth-order valence-electron chi connectivity index (χ4n) is 1.66. The maximum absolute atomic E-state index is 6.10. The van der Waals surface area contributed by atoms with Crippen molar-refractivity contribution in [3.8, 4) is 5.75 Å². The van der Waals surface area contributed by atoms with Crippen molar-refractivity contribution in [2.75, 3.05) is 19.8 Å². The predicted octanol–water partition coefficient (Wildman–Crippen LogP) is 3.54. The van der Waals surface area contributed by atoms with Crippen LogP contribution in [-0.4, -0.2) is 19.8 Å². The number of nitrogens with two attached hydrogens (primary N) is 1. The van der Waals surface area contributed by atoms with Crippen LogP contribution in [0.3, 0.4) is 0 Å². The average Bonchev–Trinajstić information content (AvgIpc) is 2.34. The van der Waals surface area contributed by atoms with Gasteiger partial charge in [0.1, 0.15) is 5.75 Å². The van der Waals surface area contributed by atoms with E-state index < -0.39 is 0 Å². The molecular formula is C16H27NO2. The molecule has 0 saturated heterocycles. The molecule has 1 aromatic rings. The highest BCUT2D eigenvalue weighted by molar-refractivity contribution is 5.29. The summed E-state index contributed by atoms with van der Waals surface area (Å²) in [6.45, 7) is 10.6. The van der Waals surface area contributed by atoms with E-state index in [0.717, 1.165) is 24.3 Å². The van der Waals surface area contributed by atoms with Gasteiger partial charge in [0.25, 0.3) is 0 Å². The van der Waals surface area contributed by atoms with Gasteiger partial charge in [0.05, 0.1) is 19.3 Å². The van der Waals surface area contributed by atoms with Gasteiger partial charge in [-0.3, -0.25) is 0 Å². The molecule has 0 amide bonds. The number of ether oxygens (including phenoxy) is 2. The van der Waals surface area contributed by atoms with Gasteiger partial charge in [0.2, 0.25) is 0 Å². The molecule has 3 nitrogen and oxygen atoms in total. The zero-order valence-electron chi connectivity index (χ0n) is 12.6. The van der Waals surface area contributed by atoms with E-state index in [1.54, 1.807) is 0 Å². The van der Waals surface area contributed by atoms with Crippen molar-refractivity contribution in [3.63, 3.8) is 0 Å². The van der Waals surface area contributed by atoms with Gasteiger partial charge >= 0.3 is 0 Å². The minimum atomic E-state index is -0.0735. The Morgan fingerprint density at radius 1 is 1.16 bits per heavy atom. The predicted molar refractivity (Wildman–Crippen MR) is 79.4 cm³/mol. The second-order valence-electron chi connectivity index (χ2n) is 5.99. The van der Waals surface area contributed by atoms with Crippen molar-refractivity contribution < 1.29 is 9.47 Å². The summed E-state index contributed by atoms with van der Waals surface area (Å²) >= 11 is 0. The maximum Gasteiger partial charge on any atom is 0.119 e. The van der Waals surface area contributed by atoms with Gasteiger partial charge in [-0.05, 0) is 36.5 Å². The SMILES string of the molecule is CCOc1ccc(C(N)COCCC(C)(C)C)cc1. The van der Waals surface area contributed by atoms with Crippen LogP contribution < -0.4 is 10.5 Å². The molecule has 108 valence electrons. The fourth-order valence-corrected chi connectivity index (χ4v) is 1.66. The Morgan fingerprint density at radius 2 is 1.79 bits per heavy atom. The van der Waals surface area contributed by atoms with Crippen LogP contribution in [0.25, 0.3) is 0 Å². The third-order valence-electron chi connectivity index (χ3n) is 2.91. The summed E-state index contributed by atoms with van der Waals surface area (Å²) in [6.07, 6.45) is 1.04. The molecule has 0 aliphatic heterocycles. The third kappa shape index (κ3) is 6.60. The first-order chi connectivity index (χ1) is 8.92. The van der Waals surface area contributed by atoms with Crippen LogP contribution in [-0.2, 0) is 4.74 Å². The fraction of sp³-hybridized carbons (Fsp3) is 0.625. The summed E-state index contributed by atoms with van der Waals surface area (Å²) in [7, 11) is 0. The molecule has 0 aromatic heterocycles. The zero-order valence-corrected chi connectivity index (χ0v) is 12.6. The molecule has 1 aromatic carbocycles. The molecule has 0 spiro atoms. The Labute approximate surface area is 117 Å². The Hall–Kier alpha value is -1.06. The van der Waals surface area contributed by atoms with Crippen LogP contribution in [0.5, 0.6) is 5.75 Å². The summed E-state index contributed by atoms with van der Waals surface area (Å²) in [4.78, 5) is 0. The lowest BCUT2D eigenvalue weighted by Crippen LogP contribution is -2.19. The molecule has 0 aliphatic rings. The van der Waals surface area contributed by atoms with Crippen LogP contribution >= 0.6 is 0 Å². The van der Waals surface area contributed by atoms with E-state index in [9.17, 15) is 0 Å². The Balaban J connectivity index is 2.34. The number of rotatable bonds is 7. The lowest BCUT2D eigenvalue weighted by atomic mass is 9.93. The molecule has 2 N–H and O–H groups in total. The molecule has 0 heterocycles. The van der Waals surface area contributed by atoms with Crippen molar-refractivity contribution in [2.24, 2.45) is 11.1 Å². The highest BCUT2D eigenvalue weighted by Gasteiger charge is 2.11. The largest absolute Gasteiger partial charge is 0.494 e. The van der Waals surface area contributed by atoms with E-state index in [1.165, 1.54) is 0 Å². The molecule has 3 heteroatoms. The van der Waals surface area contributed by atoms with E-state index in [-0.39, 0.29) is 6.04 Å². The maximum atomic E-state index is 6.10. The smallest absolute Gasteiger partial charge is 0.119 e. The lowest BCUT2D eigenvalue weighted by molar-refractivity contribution is 0.0974. The molecule has 1 rings (SSSR count). The molecule has 0 fully saturated rings. The topological polar surface area (TPSA) is 44.5 Å². The second-order valence-corrected chi connectivity index (χ2v) is 5.99. The summed E-state index contributed by atoms with van der Waals surface area (Å²) in [5.41, 5.74) is 7.49. The Bertz CT molecular complexity index is 354. The van der Waals surface area contributed by atoms with Gasteiger partial charge in [-0.1, -0.05) is 32.9 Å². The van der Waals surface area contributed by atoms with Crippen LogP contribution in [0, 0.1) is 5.41 Å². The van der Waals surface area contributed by atoms with Gasteiger partial charge in [0, 0.05) is 6.61 Å². The van der Waals surface area contributed by atoms with Crippen LogP contribution in [0.4, 0.5) is 0 Å². The van der Waals surface area contributed by atoms with E-state index in [2.05, 4.69) is 20.8 Å². The molecule has 0 radical (unpaired) electrons. The molecule has 0 bridgehead atoms. The number of hydrogen-bond donors (Lipinski definition) is 1. The lowest BCUT2D eigenvalue weighted by Gasteiger charge is -2.19. The van der Waals surface area contributed by atoms with Crippen molar-refractivity contribution >= 4 is 0 Å². The highest BCUT2D eigenvalue weighted by Crippen LogP contribution is 2.19. The second kappa shape index (κ2) is 7.51. The van der Waals surface area contributed by atoms with E-state index >= 15 is 0 Å². The first-order valence-corrected chi connectivity index (χ1v) is 6.98. The standard InChI is InChI=1S/C16H27NO2/c1-5-19-14-8-6-13(7-9-14)15(17)12-18-11-10-16(2,3)4/h6-9,15H,5,10-12,17H2,1-4H3. The minimum Gasteiger partial charge on any atom is -0.494 e. The quantitative estimate of drug-likeness (QED) is 0.767. The van der Waals surface area contributed by atoms with Crippen LogP contribution in [0.15, 0.2) is 24.3 Å². The molecular weight excluding hydrogens is 238 g/mol. The summed E-state index contributed by atoms with van der Waals surface area (Å²) in [6, 6.07) is 7.84.